The molecule has 1 aromatic carbocycles. The van der Waals surface area contributed by atoms with Crippen molar-refractivity contribution < 1.29 is 5.11 Å². The Balaban J connectivity index is 1.77. The highest BCUT2D eigenvalue weighted by Crippen LogP contribution is 2.18. The van der Waals surface area contributed by atoms with E-state index in [-0.39, 0.29) is 6.10 Å². The van der Waals surface area contributed by atoms with Crippen LogP contribution in [0.4, 0.5) is 0 Å². The third-order valence-corrected chi connectivity index (χ3v) is 3.88. The van der Waals surface area contributed by atoms with Gasteiger partial charge in [0, 0.05) is 6.04 Å². The molecule has 0 aliphatic heterocycles. The van der Waals surface area contributed by atoms with E-state index in [2.05, 4.69) is 36.5 Å². The van der Waals surface area contributed by atoms with Crippen molar-refractivity contribution >= 4 is 0 Å². The second kappa shape index (κ2) is 6.91. The molecule has 0 heterocycles. The summed E-state index contributed by atoms with van der Waals surface area (Å²) in [5, 5.41) is 13.6. The Bertz CT molecular complexity index is 364. The van der Waals surface area contributed by atoms with Crippen LogP contribution >= 0.6 is 0 Å². The predicted octanol–water partition coefficient (Wildman–Crippen LogP) is 2.82. The first-order chi connectivity index (χ1) is 8.75. The predicted molar refractivity (Wildman–Crippen MR) is 75.8 cm³/mol. The van der Waals surface area contributed by atoms with Crippen LogP contribution in [-0.2, 0) is 6.42 Å². The zero-order valence-corrected chi connectivity index (χ0v) is 11.4. The van der Waals surface area contributed by atoms with Gasteiger partial charge in [0.25, 0.3) is 0 Å². The fourth-order valence-corrected chi connectivity index (χ4v) is 2.80. The summed E-state index contributed by atoms with van der Waals surface area (Å²) in [6, 6.07) is 8.97. The fraction of sp³-hybridized carbons (Fsp3) is 0.625. The summed E-state index contributed by atoms with van der Waals surface area (Å²) in [7, 11) is 0. The van der Waals surface area contributed by atoms with Crippen LogP contribution < -0.4 is 5.32 Å². The molecule has 0 bridgehead atoms. The van der Waals surface area contributed by atoms with Crippen LogP contribution in [0.2, 0.25) is 0 Å². The van der Waals surface area contributed by atoms with E-state index in [9.17, 15) is 5.11 Å². The molecule has 2 heteroatoms. The first kappa shape index (κ1) is 13.6. The lowest BCUT2D eigenvalue weighted by molar-refractivity contribution is 0.120. The van der Waals surface area contributed by atoms with E-state index in [1.807, 2.05) is 0 Å². The van der Waals surface area contributed by atoms with Crippen LogP contribution in [0, 0.1) is 6.92 Å². The number of aryl methyl sites for hydroxylation is 1. The number of benzene rings is 1. The molecule has 1 saturated carbocycles. The summed E-state index contributed by atoms with van der Waals surface area (Å²) in [6.07, 6.45) is 6.68. The van der Waals surface area contributed by atoms with Gasteiger partial charge in [-0.25, -0.2) is 0 Å². The Hall–Kier alpha value is -0.860. The van der Waals surface area contributed by atoms with Crippen molar-refractivity contribution in [1.29, 1.82) is 0 Å². The minimum Gasteiger partial charge on any atom is -0.392 e. The van der Waals surface area contributed by atoms with Gasteiger partial charge in [-0.1, -0.05) is 49.1 Å². The quantitative estimate of drug-likeness (QED) is 0.802. The molecular formula is C16H25NO. The van der Waals surface area contributed by atoms with Crippen molar-refractivity contribution in [3.63, 3.8) is 0 Å². The van der Waals surface area contributed by atoms with Crippen molar-refractivity contribution in [2.75, 3.05) is 6.54 Å². The first-order valence-electron chi connectivity index (χ1n) is 7.23. The fourth-order valence-electron chi connectivity index (χ4n) is 2.80. The van der Waals surface area contributed by atoms with Gasteiger partial charge in [-0.05, 0) is 38.3 Å². The molecule has 1 aliphatic carbocycles. The minimum atomic E-state index is -0.148. The van der Waals surface area contributed by atoms with Crippen molar-refractivity contribution in [2.45, 2.75) is 57.6 Å². The number of aliphatic hydroxyl groups excluding tert-OH is 1. The summed E-state index contributed by atoms with van der Waals surface area (Å²) < 4.78 is 0. The second-order valence-electron chi connectivity index (χ2n) is 5.51. The van der Waals surface area contributed by atoms with Crippen LogP contribution in [-0.4, -0.2) is 23.8 Å². The van der Waals surface area contributed by atoms with Crippen LogP contribution in [0.15, 0.2) is 24.3 Å². The molecule has 1 aromatic rings. The van der Waals surface area contributed by atoms with Gasteiger partial charge in [-0.2, -0.15) is 0 Å². The maximum Gasteiger partial charge on any atom is 0.0693 e. The van der Waals surface area contributed by atoms with Crippen molar-refractivity contribution in [1.82, 2.24) is 5.32 Å². The Morgan fingerprint density at radius 3 is 2.89 bits per heavy atom. The van der Waals surface area contributed by atoms with Crippen molar-refractivity contribution in [3.05, 3.63) is 35.4 Å². The van der Waals surface area contributed by atoms with Gasteiger partial charge in [0.2, 0.25) is 0 Å². The lowest BCUT2D eigenvalue weighted by atomic mass is 10.1. The van der Waals surface area contributed by atoms with E-state index in [4.69, 9.17) is 0 Å². The Morgan fingerprint density at radius 1 is 1.22 bits per heavy atom. The molecule has 2 nitrogen and oxygen atoms in total. The first-order valence-corrected chi connectivity index (χ1v) is 7.23. The third kappa shape index (κ3) is 4.11. The van der Waals surface area contributed by atoms with Gasteiger partial charge < -0.3 is 10.4 Å². The highest BCUT2D eigenvalue weighted by atomic mass is 16.3. The molecule has 0 aromatic heterocycles. The van der Waals surface area contributed by atoms with Crippen molar-refractivity contribution in [2.24, 2.45) is 0 Å². The van der Waals surface area contributed by atoms with E-state index in [1.54, 1.807) is 0 Å². The van der Waals surface area contributed by atoms with E-state index in [1.165, 1.54) is 30.4 Å². The van der Waals surface area contributed by atoms with E-state index in [0.29, 0.717) is 6.04 Å². The molecule has 2 N–H and O–H groups in total. The largest absolute Gasteiger partial charge is 0.392 e. The van der Waals surface area contributed by atoms with Crippen LogP contribution in [0.5, 0.6) is 0 Å². The van der Waals surface area contributed by atoms with Gasteiger partial charge in [-0.15, -0.1) is 0 Å². The summed E-state index contributed by atoms with van der Waals surface area (Å²) in [6.45, 7) is 3.09. The van der Waals surface area contributed by atoms with Crippen molar-refractivity contribution in [3.8, 4) is 0 Å². The number of nitrogens with one attached hydrogen (secondary N) is 1. The van der Waals surface area contributed by atoms with Crippen LogP contribution in [0.1, 0.15) is 43.2 Å². The molecule has 0 spiro atoms. The molecule has 2 unspecified atom stereocenters. The number of rotatable bonds is 4. The smallest absolute Gasteiger partial charge is 0.0693 e. The second-order valence-corrected chi connectivity index (χ2v) is 5.51. The summed E-state index contributed by atoms with van der Waals surface area (Å²) >= 11 is 0. The lowest BCUT2D eigenvalue weighted by Gasteiger charge is -2.21. The van der Waals surface area contributed by atoms with Gasteiger partial charge in [-0.3, -0.25) is 0 Å². The monoisotopic (exact) mass is 247 g/mol. The SMILES string of the molecule is Cc1cccc(CCNC2CCCCCC2O)c1. The molecule has 1 aliphatic rings. The molecular weight excluding hydrogens is 222 g/mol. The number of hydrogen-bond acceptors (Lipinski definition) is 2. The third-order valence-electron chi connectivity index (χ3n) is 3.88. The van der Waals surface area contributed by atoms with E-state index in [0.717, 1.165) is 25.8 Å². The Morgan fingerprint density at radius 2 is 2.06 bits per heavy atom. The average molecular weight is 247 g/mol. The molecule has 18 heavy (non-hydrogen) atoms. The number of hydrogen-bond donors (Lipinski definition) is 2. The van der Waals surface area contributed by atoms with Gasteiger partial charge in [0.15, 0.2) is 0 Å². The average Bonchev–Trinajstić information content (AvgIpc) is 2.55. The lowest BCUT2D eigenvalue weighted by Crippen LogP contribution is -2.40. The normalized spacial score (nSPS) is 24.8. The standard InChI is InChI=1S/C16H25NO/c1-13-6-5-7-14(12-13)10-11-17-15-8-3-2-4-9-16(15)18/h5-7,12,15-18H,2-4,8-11H2,1H3. The molecule has 100 valence electrons. The molecule has 2 atom stereocenters. The minimum absolute atomic E-state index is 0.148. The van der Waals surface area contributed by atoms with Crippen LogP contribution in [0.3, 0.4) is 0 Å². The maximum absolute atomic E-state index is 10.0. The highest BCUT2D eigenvalue weighted by Gasteiger charge is 2.20. The zero-order chi connectivity index (χ0) is 12.8. The van der Waals surface area contributed by atoms with E-state index < -0.39 is 0 Å². The highest BCUT2D eigenvalue weighted by molar-refractivity contribution is 5.22. The molecule has 2 rings (SSSR count). The Labute approximate surface area is 110 Å². The molecule has 0 radical (unpaired) electrons. The summed E-state index contributed by atoms with van der Waals surface area (Å²) in [5.74, 6) is 0. The van der Waals surface area contributed by atoms with E-state index >= 15 is 0 Å². The zero-order valence-electron chi connectivity index (χ0n) is 11.4. The van der Waals surface area contributed by atoms with Gasteiger partial charge >= 0.3 is 0 Å². The Kier molecular flexibility index (Phi) is 5.21. The maximum atomic E-state index is 10.0. The summed E-state index contributed by atoms with van der Waals surface area (Å²) in [5.41, 5.74) is 2.70. The van der Waals surface area contributed by atoms with Crippen LogP contribution in [0.25, 0.3) is 0 Å². The molecule has 0 amide bonds. The summed E-state index contributed by atoms with van der Waals surface area (Å²) in [4.78, 5) is 0. The van der Waals surface area contributed by atoms with Gasteiger partial charge in [0.1, 0.15) is 0 Å². The van der Waals surface area contributed by atoms with Gasteiger partial charge in [0.05, 0.1) is 6.10 Å². The molecule has 1 fully saturated rings. The number of aliphatic hydroxyl groups is 1. The topological polar surface area (TPSA) is 32.3 Å². The molecule has 0 saturated heterocycles.